The molecule has 1 heterocycles. The number of carbonyl (C=O) groups is 1. The van der Waals surface area contributed by atoms with Crippen LogP contribution in [-0.4, -0.2) is 41.4 Å². The zero-order valence-corrected chi connectivity index (χ0v) is 23.2. The minimum absolute atomic E-state index is 0.135. The van der Waals surface area contributed by atoms with Crippen molar-refractivity contribution in [1.29, 1.82) is 0 Å². The van der Waals surface area contributed by atoms with Crippen LogP contribution in [0.1, 0.15) is 25.8 Å². The summed E-state index contributed by atoms with van der Waals surface area (Å²) in [5.41, 5.74) is 1.62. The molecular formula is C29H29ClN2O3S2. The SMILES string of the molecule is CCN(CC)CCCOc1ccc(N2C(=O)C(=Cc3ccc(Oc4ccc(Cl)cc4)cc3)SC2=S)cc1. The molecule has 3 aromatic carbocycles. The molecule has 8 heteroatoms. The summed E-state index contributed by atoms with van der Waals surface area (Å²) >= 11 is 12.7. The summed E-state index contributed by atoms with van der Waals surface area (Å²) in [5.74, 6) is 2.05. The molecule has 37 heavy (non-hydrogen) atoms. The smallest absolute Gasteiger partial charge is 0.270 e. The number of halogens is 1. The third kappa shape index (κ3) is 7.36. The van der Waals surface area contributed by atoms with Crippen molar-refractivity contribution in [2.24, 2.45) is 0 Å². The van der Waals surface area contributed by atoms with Crippen LogP contribution in [0.15, 0.2) is 77.7 Å². The minimum atomic E-state index is -0.135. The van der Waals surface area contributed by atoms with E-state index in [1.807, 2.05) is 66.7 Å². The van der Waals surface area contributed by atoms with E-state index < -0.39 is 0 Å². The molecule has 0 spiro atoms. The maximum absolute atomic E-state index is 13.2. The minimum Gasteiger partial charge on any atom is -0.494 e. The number of nitrogens with zero attached hydrogens (tertiary/aromatic N) is 2. The highest BCUT2D eigenvalue weighted by Crippen LogP contribution is 2.36. The summed E-state index contributed by atoms with van der Waals surface area (Å²) in [4.78, 5) is 17.7. The van der Waals surface area contributed by atoms with Gasteiger partial charge >= 0.3 is 0 Å². The zero-order chi connectivity index (χ0) is 26.2. The predicted molar refractivity (Wildman–Crippen MR) is 158 cm³/mol. The van der Waals surface area contributed by atoms with Crippen LogP contribution in [0, 0.1) is 0 Å². The molecule has 1 aliphatic rings. The topological polar surface area (TPSA) is 42.0 Å². The number of benzene rings is 3. The van der Waals surface area contributed by atoms with Crippen molar-refractivity contribution in [3.8, 4) is 17.2 Å². The lowest BCUT2D eigenvalue weighted by Gasteiger charge is -2.18. The van der Waals surface area contributed by atoms with Gasteiger partial charge in [0.05, 0.1) is 17.2 Å². The fraction of sp³-hybridized carbons (Fsp3) is 0.241. The summed E-state index contributed by atoms with van der Waals surface area (Å²) in [6.45, 7) is 8.11. The molecular weight excluding hydrogens is 524 g/mol. The van der Waals surface area contributed by atoms with Crippen LogP contribution < -0.4 is 14.4 Å². The number of hydrogen-bond donors (Lipinski definition) is 0. The first kappa shape index (κ1) is 27.2. The molecule has 1 amide bonds. The normalized spacial score (nSPS) is 14.6. The lowest BCUT2D eigenvalue weighted by molar-refractivity contribution is -0.113. The van der Waals surface area contributed by atoms with Gasteiger partial charge < -0.3 is 14.4 Å². The molecule has 0 bridgehead atoms. The van der Waals surface area contributed by atoms with Gasteiger partial charge in [-0.15, -0.1) is 0 Å². The summed E-state index contributed by atoms with van der Waals surface area (Å²) in [6.07, 6.45) is 2.82. The second kappa shape index (κ2) is 13.1. The lowest BCUT2D eigenvalue weighted by Crippen LogP contribution is -2.27. The lowest BCUT2D eigenvalue weighted by atomic mass is 10.2. The maximum Gasteiger partial charge on any atom is 0.270 e. The maximum atomic E-state index is 13.2. The van der Waals surface area contributed by atoms with E-state index >= 15 is 0 Å². The number of amides is 1. The van der Waals surface area contributed by atoms with Gasteiger partial charge in [-0.25, -0.2) is 0 Å². The van der Waals surface area contributed by atoms with Crippen LogP contribution in [0.5, 0.6) is 17.2 Å². The van der Waals surface area contributed by atoms with Crippen molar-refractivity contribution in [3.63, 3.8) is 0 Å². The van der Waals surface area contributed by atoms with Crippen molar-refractivity contribution >= 4 is 57.6 Å². The van der Waals surface area contributed by atoms with Crippen LogP contribution in [0.3, 0.4) is 0 Å². The third-order valence-electron chi connectivity index (χ3n) is 5.90. The average Bonchev–Trinajstić information content (AvgIpc) is 3.19. The van der Waals surface area contributed by atoms with Gasteiger partial charge in [0.25, 0.3) is 5.91 Å². The summed E-state index contributed by atoms with van der Waals surface area (Å²) < 4.78 is 12.2. The molecule has 0 radical (unpaired) electrons. The quantitative estimate of drug-likeness (QED) is 0.138. The second-order valence-corrected chi connectivity index (χ2v) is 10.5. The van der Waals surface area contributed by atoms with Crippen molar-refractivity contribution in [3.05, 3.63) is 88.3 Å². The van der Waals surface area contributed by atoms with Crippen LogP contribution in [0.2, 0.25) is 5.02 Å². The Morgan fingerprint density at radius 2 is 1.51 bits per heavy atom. The molecule has 1 aliphatic heterocycles. The van der Waals surface area contributed by atoms with Crippen LogP contribution in [0.25, 0.3) is 6.08 Å². The van der Waals surface area contributed by atoms with Gasteiger partial charge in [-0.1, -0.05) is 61.6 Å². The molecule has 0 aliphatic carbocycles. The fourth-order valence-corrected chi connectivity index (χ4v) is 5.25. The summed E-state index contributed by atoms with van der Waals surface area (Å²) in [7, 11) is 0. The Kier molecular flexibility index (Phi) is 9.63. The van der Waals surface area contributed by atoms with E-state index in [1.54, 1.807) is 17.0 Å². The summed E-state index contributed by atoms with van der Waals surface area (Å²) in [6, 6.07) is 22.2. The Morgan fingerprint density at radius 3 is 2.14 bits per heavy atom. The molecule has 0 atom stereocenters. The number of thioether (sulfide) groups is 1. The average molecular weight is 553 g/mol. The third-order valence-corrected chi connectivity index (χ3v) is 7.45. The monoisotopic (exact) mass is 552 g/mol. The van der Waals surface area contributed by atoms with E-state index in [0.29, 0.717) is 32.4 Å². The van der Waals surface area contributed by atoms with Gasteiger partial charge in [-0.2, -0.15) is 0 Å². The highest BCUT2D eigenvalue weighted by atomic mass is 35.5. The fourth-order valence-electron chi connectivity index (χ4n) is 3.82. The van der Waals surface area contributed by atoms with E-state index in [9.17, 15) is 4.79 Å². The number of ether oxygens (including phenoxy) is 2. The highest BCUT2D eigenvalue weighted by molar-refractivity contribution is 8.27. The van der Waals surface area contributed by atoms with E-state index in [0.717, 1.165) is 43.1 Å². The predicted octanol–water partition coefficient (Wildman–Crippen LogP) is 7.65. The first-order chi connectivity index (χ1) is 18.0. The highest BCUT2D eigenvalue weighted by Gasteiger charge is 2.33. The standard InChI is InChI=1S/C29H29ClN2O3S2/c1-3-31(4-2)18-5-19-34-24-16-10-23(11-17-24)32-28(33)27(37-29(32)36)20-21-6-12-25(13-7-21)35-26-14-8-22(30)9-15-26/h6-17,20H,3-5,18-19H2,1-2H3. The zero-order valence-electron chi connectivity index (χ0n) is 20.9. The molecule has 0 aromatic heterocycles. The van der Waals surface area contributed by atoms with Gasteiger partial charge in [0.2, 0.25) is 0 Å². The number of thiocarbonyl (C=S) groups is 1. The molecule has 0 unspecified atom stereocenters. The first-order valence-electron chi connectivity index (χ1n) is 12.2. The molecule has 5 nitrogen and oxygen atoms in total. The van der Waals surface area contributed by atoms with Crippen LogP contribution in [-0.2, 0) is 4.79 Å². The van der Waals surface area contributed by atoms with Gasteiger partial charge in [0, 0.05) is 11.6 Å². The number of hydrogen-bond acceptors (Lipinski definition) is 6. The first-order valence-corrected chi connectivity index (χ1v) is 13.8. The number of anilines is 1. The van der Waals surface area contributed by atoms with E-state index in [-0.39, 0.29) is 5.91 Å². The Balaban J connectivity index is 1.35. The number of carbonyl (C=O) groups excluding carboxylic acids is 1. The summed E-state index contributed by atoms with van der Waals surface area (Å²) in [5, 5.41) is 0.658. The van der Waals surface area contributed by atoms with Gasteiger partial charge in [-0.05, 0) is 91.8 Å². The Labute approximate surface area is 233 Å². The Hall–Kier alpha value is -2.84. The Bertz CT molecular complexity index is 1240. The number of rotatable bonds is 11. The van der Waals surface area contributed by atoms with Gasteiger partial charge in [0.15, 0.2) is 4.32 Å². The van der Waals surface area contributed by atoms with Crippen molar-refractivity contribution in [1.82, 2.24) is 4.90 Å². The van der Waals surface area contributed by atoms with Crippen molar-refractivity contribution in [2.75, 3.05) is 31.1 Å². The second-order valence-electron chi connectivity index (χ2n) is 8.36. The van der Waals surface area contributed by atoms with Crippen molar-refractivity contribution in [2.45, 2.75) is 20.3 Å². The Morgan fingerprint density at radius 1 is 0.919 bits per heavy atom. The van der Waals surface area contributed by atoms with Crippen molar-refractivity contribution < 1.29 is 14.3 Å². The molecule has 1 fully saturated rings. The van der Waals surface area contributed by atoms with Crippen LogP contribution in [0.4, 0.5) is 5.69 Å². The van der Waals surface area contributed by atoms with E-state index in [1.165, 1.54) is 11.8 Å². The molecule has 0 N–H and O–H groups in total. The van der Waals surface area contributed by atoms with Gasteiger partial charge in [-0.3, -0.25) is 9.69 Å². The van der Waals surface area contributed by atoms with E-state index in [2.05, 4.69) is 18.7 Å². The molecule has 3 aromatic rings. The van der Waals surface area contributed by atoms with E-state index in [4.69, 9.17) is 33.3 Å². The molecule has 1 saturated heterocycles. The molecule has 4 rings (SSSR count). The van der Waals surface area contributed by atoms with Crippen LogP contribution >= 0.6 is 35.6 Å². The molecule has 0 saturated carbocycles. The van der Waals surface area contributed by atoms with Gasteiger partial charge in [0.1, 0.15) is 17.2 Å². The largest absolute Gasteiger partial charge is 0.494 e. The molecule has 192 valence electrons.